The third-order valence-electron chi connectivity index (χ3n) is 4.49. The van der Waals surface area contributed by atoms with Crippen molar-refractivity contribution in [2.45, 2.75) is 13.1 Å². The van der Waals surface area contributed by atoms with Crippen LogP contribution in [0.2, 0.25) is 13.1 Å². The molecule has 2 radical (unpaired) electrons. The van der Waals surface area contributed by atoms with Gasteiger partial charge in [-0.1, -0.05) is 49.5 Å². The Labute approximate surface area is 133 Å². The molecular weight excluding hydrogens is 289 g/mol. The molecule has 2 nitrogen and oxygen atoms in total. The largest absolute Gasteiger partial charge is 0.653 e. The highest BCUT2D eigenvalue weighted by atomic mass is 28.3. The van der Waals surface area contributed by atoms with Crippen molar-refractivity contribution >= 4 is 45.8 Å². The van der Waals surface area contributed by atoms with Crippen molar-refractivity contribution in [2.24, 2.45) is 0 Å². The molecule has 4 rings (SSSR count). The molecule has 1 aliphatic heterocycles. The topological polar surface area (TPSA) is 22.1 Å². The fourth-order valence-corrected chi connectivity index (χ4v) is 7.04. The van der Waals surface area contributed by atoms with Crippen molar-refractivity contribution < 1.29 is 3.79 Å². The zero-order valence-electron chi connectivity index (χ0n) is 12.1. The molecule has 0 bridgehead atoms. The van der Waals surface area contributed by atoms with Crippen LogP contribution in [-0.4, -0.2) is 29.7 Å². The van der Waals surface area contributed by atoms with Gasteiger partial charge >= 0.3 is 16.6 Å². The molecule has 0 saturated carbocycles. The first-order valence-electron chi connectivity index (χ1n) is 7.03. The van der Waals surface area contributed by atoms with E-state index in [9.17, 15) is 0 Å². The Hall–Kier alpha value is -1.60. The second kappa shape index (κ2) is 4.45. The predicted octanol–water partition coefficient (Wildman–Crippen LogP) is 2.50. The minimum absolute atomic E-state index is 0.902. The minimum Gasteiger partial charge on any atom is -0.653 e. The van der Waals surface area contributed by atoms with E-state index in [-0.39, 0.29) is 0 Å². The average Bonchev–Trinajstić information content (AvgIpc) is 2.76. The number of hydrogen-bond acceptors (Lipinski definition) is 2. The van der Waals surface area contributed by atoms with Crippen LogP contribution in [-0.2, 0) is 0 Å². The van der Waals surface area contributed by atoms with Gasteiger partial charge in [0.1, 0.15) is 8.07 Å². The Morgan fingerprint density at radius 1 is 1.05 bits per heavy atom. The molecule has 100 valence electrons. The summed E-state index contributed by atoms with van der Waals surface area (Å²) in [5.41, 5.74) is 2.29. The lowest BCUT2D eigenvalue weighted by atomic mass is 10.1. The van der Waals surface area contributed by atoms with Crippen LogP contribution >= 0.6 is 0 Å². The number of hydrogen-bond donors (Lipinski definition) is 0. The second-order valence-electron chi connectivity index (χ2n) is 5.99. The van der Waals surface area contributed by atoms with E-state index in [1.807, 2.05) is 12.3 Å². The van der Waals surface area contributed by atoms with E-state index in [4.69, 9.17) is 8.77 Å². The first kappa shape index (κ1) is 13.1. The fraction of sp³-hybridized carbons (Fsp3) is 0.118. The molecule has 0 fully saturated rings. The molecular formula is C17H14AlNOSi. The summed E-state index contributed by atoms with van der Waals surface area (Å²) in [6.07, 6.45) is 1.98. The van der Waals surface area contributed by atoms with Crippen LogP contribution < -0.4 is 14.2 Å². The highest BCUT2D eigenvalue weighted by molar-refractivity contribution is 7.05. The van der Waals surface area contributed by atoms with Crippen LogP contribution in [0.15, 0.2) is 48.7 Å². The summed E-state index contributed by atoms with van der Waals surface area (Å²) in [5.74, 6) is 0.902. The first-order valence-corrected chi connectivity index (χ1v) is 10.5. The van der Waals surface area contributed by atoms with E-state index >= 15 is 0 Å². The summed E-state index contributed by atoms with van der Waals surface area (Å²) in [7, 11) is -1.75. The van der Waals surface area contributed by atoms with Gasteiger partial charge in [0.25, 0.3) is 0 Å². The van der Waals surface area contributed by atoms with Crippen molar-refractivity contribution in [1.29, 1.82) is 0 Å². The Balaban J connectivity index is 2.18. The highest BCUT2D eigenvalue weighted by Crippen LogP contribution is 2.35. The minimum atomic E-state index is -1.75. The van der Waals surface area contributed by atoms with Gasteiger partial charge in [-0.2, -0.15) is 0 Å². The van der Waals surface area contributed by atoms with Crippen LogP contribution in [0.5, 0.6) is 5.75 Å². The monoisotopic (exact) mass is 303 g/mol. The van der Waals surface area contributed by atoms with E-state index < -0.39 is 8.07 Å². The van der Waals surface area contributed by atoms with Gasteiger partial charge in [0.2, 0.25) is 0 Å². The summed E-state index contributed by atoms with van der Waals surface area (Å²) in [6, 6.07) is 14.9. The van der Waals surface area contributed by atoms with Gasteiger partial charge in [-0.05, 0) is 27.2 Å². The molecule has 0 saturated heterocycles. The van der Waals surface area contributed by atoms with Crippen LogP contribution in [0.25, 0.3) is 22.0 Å². The molecule has 0 aliphatic carbocycles. The summed E-state index contributed by atoms with van der Waals surface area (Å²) in [6.45, 7) is 4.80. The SMILES string of the molecule is C[Si]1(C)c2cccc([O][Al])c2-c2ncc3ccccc3c21. The molecule has 2 heterocycles. The molecule has 21 heavy (non-hydrogen) atoms. The highest BCUT2D eigenvalue weighted by Gasteiger charge is 2.41. The number of nitrogens with zero attached hydrogens (tertiary/aromatic N) is 1. The molecule has 1 aliphatic rings. The Morgan fingerprint density at radius 2 is 1.86 bits per heavy atom. The summed E-state index contributed by atoms with van der Waals surface area (Å²) < 4.78 is 5.52. The molecule has 0 unspecified atom stereocenters. The number of fused-ring (bicyclic) bond motifs is 5. The van der Waals surface area contributed by atoms with Gasteiger partial charge in [-0.3, -0.25) is 4.98 Å². The molecule has 0 N–H and O–H groups in total. The van der Waals surface area contributed by atoms with Crippen LogP contribution in [0.1, 0.15) is 0 Å². The van der Waals surface area contributed by atoms with Gasteiger partial charge in [0.15, 0.2) is 0 Å². The van der Waals surface area contributed by atoms with E-state index in [2.05, 4.69) is 66.1 Å². The zero-order chi connectivity index (χ0) is 14.6. The second-order valence-corrected chi connectivity index (χ2v) is 10.5. The molecule has 0 spiro atoms. The van der Waals surface area contributed by atoms with Crippen LogP contribution in [0, 0.1) is 0 Å². The molecule has 1 aromatic heterocycles. The number of aromatic nitrogens is 1. The third kappa shape index (κ3) is 1.67. The lowest BCUT2D eigenvalue weighted by Gasteiger charge is -2.20. The third-order valence-corrected chi connectivity index (χ3v) is 8.26. The van der Waals surface area contributed by atoms with Crippen molar-refractivity contribution in [3.8, 4) is 17.0 Å². The van der Waals surface area contributed by atoms with Crippen LogP contribution in [0.4, 0.5) is 0 Å². The van der Waals surface area contributed by atoms with Gasteiger partial charge in [-0.15, -0.1) is 0 Å². The van der Waals surface area contributed by atoms with Crippen molar-refractivity contribution in [1.82, 2.24) is 4.98 Å². The Morgan fingerprint density at radius 3 is 2.67 bits per heavy atom. The Bertz CT molecular complexity index is 876. The number of pyridine rings is 1. The summed E-state index contributed by atoms with van der Waals surface area (Å²) in [4.78, 5) is 4.78. The van der Waals surface area contributed by atoms with Gasteiger partial charge in [0.05, 0.1) is 11.4 Å². The average molecular weight is 303 g/mol. The predicted molar refractivity (Wildman–Crippen MR) is 90.3 cm³/mol. The van der Waals surface area contributed by atoms with Crippen molar-refractivity contribution in [3.05, 3.63) is 48.7 Å². The molecule has 3 aromatic rings. The molecule has 2 aromatic carbocycles. The number of rotatable bonds is 1. The standard InChI is InChI=1S/C17H15NOSi.Al/c1-20(2)14-9-5-8-13(19)15(14)16-17(20)12-7-4-3-6-11(12)10-18-16;/h3-10,19H,1-2H3;/q;+1/p-1. The molecule has 0 atom stereocenters. The van der Waals surface area contributed by atoms with Gasteiger partial charge in [0, 0.05) is 11.8 Å². The smallest absolute Gasteiger partial charge is 0.482 e. The normalized spacial score (nSPS) is 14.8. The van der Waals surface area contributed by atoms with E-state index in [1.165, 1.54) is 26.7 Å². The van der Waals surface area contributed by atoms with Crippen molar-refractivity contribution in [2.75, 3.05) is 0 Å². The van der Waals surface area contributed by atoms with Gasteiger partial charge < -0.3 is 3.79 Å². The van der Waals surface area contributed by atoms with E-state index in [0.717, 1.165) is 11.4 Å². The summed E-state index contributed by atoms with van der Waals surface area (Å²) in [5, 5.41) is 5.41. The Kier molecular flexibility index (Phi) is 2.77. The van der Waals surface area contributed by atoms with Crippen molar-refractivity contribution in [3.63, 3.8) is 0 Å². The molecule has 4 heteroatoms. The lowest BCUT2D eigenvalue weighted by molar-refractivity contribution is 0.619. The first-order chi connectivity index (χ1) is 10.1. The van der Waals surface area contributed by atoms with Crippen LogP contribution in [0.3, 0.4) is 0 Å². The quantitative estimate of drug-likeness (QED) is 0.644. The zero-order valence-corrected chi connectivity index (χ0v) is 14.2. The maximum Gasteiger partial charge on any atom is 0.482 e. The maximum atomic E-state index is 5.52. The fourth-order valence-electron chi connectivity index (χ4n) is 3.51. The van der Waals surface area contributed by atoms with E-state index in [1.54, 1.807) is 0 Å². The van der Waals surface area contributed by atoms with Gasteiger partial charge in [-0.25, -0.2) is 0 Å². The van der Waals surface area contributed by atoms with E-state index in [0.29, 0.717) is 0 Å². The lowest BCUT2D eigenvalue weighted by Crippen LogP contribution is -2.49. The summed E-state index contributed by atoms with van der Waals surface area (Å²) >= 11 is 2.36. The maximum absolute atomic E-state index is 5.52. The number of benzene rings is 2. The molecule has 0 amide bonds.